The van der Waals surface area contributed by atoms with Crippen LogP contribution in [0.3, 0.4) is 0 Å². The third kappa shape index (κ3) is 2.73. The molecule has 18 heavy (non-hydrogen) atoms. The number of aryl methyl sites for hydroxylation is 1. The van der Waals surface area contributed by atoms with Crippen molar-refractivity contribution in [2.75, 3.05) is 14.2 Å². The van der Waals surface area contributed by atoms with E-state index < -0.39 is 0 Å². The number of nitrogens with one attached hydrogen (secondary N) is 1. The lowest BCUT2D eigenvalue weighted by atomic mass is 9.88. The summed E-state index contributed by atoms with van der Waals surface area (Å²) in [5, 5.41) is 3.46. The summed E-state index contributed by atoms with van der Waals surface area (Å²) in [6.07, 6.45) is 5.25. The van der Waals surface area contributed by atoms with Crippen molar-refractivity contribution in [2.24, 2.45) is 0 Å². The van der Waals surface area contributed by atoms with E-state index >= 15 is 0 Å². The highest BCUT2D eigenvalue weighted by Gasteiger charge is 2.33. The highest BCUT2D eigenvalue weighted by Crippen LogP contribution is 2.36. The fourth-order valence-electron chi connectivity index (χ4n) is 2.89. The molecular formula is C15H24N2O. The third-order valence-electron chi connectivity index (χ3n) is 4.12. The number of fused-ring (bicyclic) bond motifs is 1. The summed E-state index contributed by atoms with van der Waals surface area (Å²) in [6.45, 7) is 4.29. The van der Waals surface area contributed by atoms with Gasteiger partial charge in [0.15, 0.2) is 0 Å². The van der Waals surface area contributed by atoms with Gasteiger partial charge in [0, 0.05) is 31.0 Å². The summed E-state index contributed by atoms with van der Waals surface area (Å²) < 4.78 is 5.56. The molecule has 0 bridgehead atoms. The molecule has 2 rings (SSSR count). The Hall–Kier alpha value is -0.930. The van der Waals surface area contributed by atoms with Crippen molar-refractivity contribution in [1.29, 1.82) is 0 Å². The second-order valence-electron chi connectivity index (χ2n) is 5.76. The number of methoxy groups -OCH3 is 1. The Kier molecular flexibility index (Phi) is 4.03. The summed E-state index contributed by atoms with van der Waals surface area (Å²) in [6, 6.07) is 4.67. The number of hydrogen-bond donors (Lipinski definition) is 1. The fourth-order valence-corrected chi connectivity index (χ4v) is 2.89. The zero-order valence-corrected chi connectivity index (χ0v) is 11.9. The minimum atomic E-state index is -0.0921. The molecule has 0 fully saturated rings. The van der Waals surface area contributed by atoms with Crippen LogP contribution in [0.15, 0.2) is 18.3 Å². The summed E-state index contributed by atoms with van der Waals surface area (Å²) in [5.41, 5.74) is 2.60. The van der Waals surface area contributed by atoms with E-state index in [-0.39, 0.29) is 5.60 Å². The number of hydrogen-bond acceptors (Lipinski definition) is 3. The Morgan fingerprint density at radius 2 is 2.33 bits per heavy atom. The maximum absolute atomic E-state index is 5.56. The van der Waals surface area contributed by atoms with Crippen molar-refractivity contribution < 1.29 is 4.74 Å². The third-order valence-corrected chi connectivity index (χ3v) is 4.12. The van der Waals surface area contributed by atoms with Crippen LogP contribution in [0.1, 0.15) is 43.9 Å². The van der Waals surface area contributed by atoms with Crippen LogP contribution in [-0.2, 0) is 11.2 Å². The van der Waals surface area contributed by atoms with E-state index in [0.29, 0.717) is 12.0 Å². The number of likely N-dealkylation sites (N-methyl/N-ethyl adjacent to an activating group) is 1. The van der Waals surface area contributed by atoms with Gasteiger partial charge in [-0.05, 0) is 51.8 Å². The standard InChI is InChI=1S/C15H24N2O/c1-15(2,18-4)10-13(16-3)12-8-7-11-6-5-9-17-14(11)12/h5-6,9,12-13,16H,7-8,10H2,1-4H3. The van der Waals surface area contributed by atoms with E-state index in [0.717, 1.165) is 12.8 Å². The van der Waals surface area contributed by atoms with Crippen molar-refractivity contribution >= 4 is 0 Å². The maximum atomic E-state index is 5.56. The zero-order chi connectivity index (χ0) is 13.2. The van der Waals surface area contributed by atoms with Crippen LogP contribution in [-0.4, -0.2) is 30.8 Å². The number of aromatic nitrogens is 1. The van der Waals surface area contributed by atoms with E-state index in [1.165, 1.54) is 17.7 Å². The molecule has 0 radical (unpaired) electrons. The van der Waals surface area contributed by atoms with Crippen molar-refractivity contribution in [2.45, 2.75) is 50.7 Å². The average Bonchev–Trinajstić information content (AvgIpc) is 2.80. The predicted octanol–water partition coefficient (Wildman–Crippen LogP) is 2.51. The number of nitrogens with zero attached hydrogens (tertiary/aromatic N) is 1. The predicted molar refractivity (Wildman–Crippen MR) is 73.9 cm³/mol. The Labute approximate surface area is 110 Å². The molecular weight excluding hydrogens is 224 g/mol. The molecule has 1 aromatic rings. The molecule has 1 aliphatic carbocycles. The first kappa shape index (κ1) is 13.5. The first-order valence-electron chi connectivity index (χ1n) is 6.73. The zero-order valence-electron chi connectivity index (χ0n) is 11.9. The number of ether oxygens (including phenoxy) is 1. The largest absolute Gasteiger partial charge is 0.379 e. The Morgan fingerprint density at radius 1 is 1.56 bits per heavy atom. The van der Waals surface area contributed by atoms with Gasteiger partial charge < -0.3 is 10.1 Å². The van der Waals surface area contributed by atoms with Crippen LogP contribution in [0, 0.1) is 0 Å². The molecule has 3 nitrogen and oxygen atoms in total. The Balaban J connectivity index is 2.15. The molecule has 2 unspecified atom stereocenters. The van der Waals surface area contributed by atoms with Gasteiger partial charge in [0.2, 0.25) is 0 Å². The van der Waals surface area contributed by atoms with Gasteiger partial charge in [-0.25, -0.2) is 0 Å². The van der Waals surface area contributed by atoms with E-state index in [1.807, 2.05) is 19.3 Å². The monoisotopic (exact) mass is 248 g/mol. The van der Waals surface area contributed by atoms with Gasteiger partial charge in [0.1, 0.15) is 0 Å². The van der Waals surface area contributed by atoms with Gasteiger partial charge in [-0.3, -0.25) is 4.98 Å². The van der Waals surface area contributed by atoms with E-state index in [9.17, 15) is 0 Å². The molecule has 1 heterocycles. The van der Waals surface area contributed by atoms with Gasteiger partial charge in [-0.15, -0.1) is 0 Å². The molecule has 1 aliphatic rings. The lowest BCUT2D eigenvalue weighted by molar-refractivity contribution is 0.00523. The fraction of sp³-hybridized carbons (Fsp3) is 0.667. The van der Waals surface area contributed by atoms with Crippen molar-refractivity contribution in [1.82, 2.24) is 10.3 Å². The van der Waals surface area contributed by atoms with Crippen LogP contribution >= 0.6 is 0 Å². The van der Waals surface area contributed by atoms with Crippen LogP contribution in [0.25, 0.3) is 0 Å². The molecule has 0 aliphatic heterocycles. The SMILES string of the molecule is CNC(CC(C)(C)OC)C1CCc2cccnc21. The van der Waals surface area contributed by atoms with Crippen LogP contribution < -0.4 is 5.32 Å². The normalized spacial score (nSPS) is 20.8. The minimum Gasteiger partial charge on any atom is -0.379 e. The molecule has 100 valence electrons. The Morgan fingerprint density at radius 3 is 3.00 bits per heavy atom. The minimum absolute atomic E-state index is 0.0921. The highest BCUT2D eigenvalue weighted by atomic mass is 16.5. The van der Waals surface area contributed by atoms with Crippen LogP contribution in [0.2, 0.25) is 0 Å². The topological polar surface area (TPSA) is 34.1 Å². The maximum Gasteiger partial charge on any atom is 0.0637 e. The van der Waals surface area contributed by atoms with Crippen molar-refractivity contribution in [3.63, 3.8) is 0 Å². The lowest BCUT2D eigenvalue weighted by Crippen LogP contribution is -2.39. The van der Waals surface area contributed by atoms with Gasteiger partial charge in [-0.1, -0.05) is 6.07 Å². The van der Waals surface area contributed by atoms with E-state index in [4.69, 9.17) is 4.74 Å². The molecule has 2 atom stereocenters. The lowest BCUT2D eigenvalue weighted by Gasteiger charge is -2.31. The second kappa shape index (κ2) is 5.37. The second-order valence-corrected chi connectivity index (χ2v) is 5.76. The average molecular weight is 248 g/mol. The van der Waals surface area contributed by atoms with Crippen LogP contribution in [0.5, 0.6) is 0 Å². The summed E-state index contributed by atoms with van der Waals surface area (Å²) in [4.78, 5) is 4.58. The van der Waals surface area contributed by atoms with E-state index in [1.54, 1.807) is 7.11 Å². The van der Waals surface area contributed by atoms with Crippen LogP contribution in [0.4, 0.5) is 0 Å². The summed E-state index contributed by atoms with van der Waals surface area (Å²) in [5.74, 6) is 0.514. The molecule has 0 amide bonds. The summed E-state index contributed by atoms with van der Waals surface area (Å²) >= 11 is 0. The van der Waals surface area contributed by atoms with Crippen molar-refractivity contribution in [3.05, 3.63) is 29.6 Å². The molecule has 0 aromatic carbocycles. The molecule has 1 N–H and O–H groups in total. The molecule has 0 saturated heterocycles. The molecule has 0 saturated carbocycles. The van der Waals surface area contributed by atoms with Gasteiger partial charge in [0.05, 0.1) is 5.60 Å². The molecule has 1 aromatic heterocycles. The number of rotatable bonds is 5. The smallest absolute Gasteiger partial charge is 0.0637 e. The highest BCUT2D eigenvalue weighted by molar-refractivity contribution is 5.30. The van der Waals surface area contributed by atoms with E-state index in [2.05, 4.69) is 30.2 Å². The van der Waals surface area contributed by atoms with Gasteiger partial charge in [-0.2, -0.15) is 0 Å². The van der Waals surface area contributed by atoms with Gasteiger partial charge in [0.25, 0.3) is 0 Å². The Bertz CT molecular complexity index is 403. The number of pyridine rings is 1. The van der Waals surface area contributed by atoms with Crippen molar-refractivity contribution in [3.8, 4) is 0 Å². The quantitative estimate of drug-likeness (QED) is 0.869. The first-order chi connectivity index (χ1) is 8.57. The molecule has 3 heteroatoms. The first-order valence-corrected chi connectivity index (χ1v) is 6.73. The molecule has 0 spiro atoms. The summed E-state index contributed by atoms with van der Waals surface area (Å²) in [7, 11) is 3.82. The van der Waals surface area contributed by atoms with Gasteiger partial charge >= 0.3 is 0 Å².